The molecular weight excluding hydrogens is 320 g/mol. The van der Waals surface area contributed by atoms with Crippen molar-refractivity contribution in [3.05, 3.63) is 0 Å². The van der Waals surface area contributed by atoms with Crippen LogP contribution in [0.15, 0.2) is 0 Å². The van der Waals surface area contributed by atoms with Gasteiger partial charge in [-0.25, -0.2) is 4.79 Å². The van der Waals surface area contributed by atoms with Gasteiger partial charge in [-0.1, -0.05) is 64.7 Å². The van der Waals surface area contributed by atoms with Gasteiger partial charge in [0.25, 0.3) is 0 Å². The Balaban J connectivity index is 1.19. The van der Waals surface area contributed by atoms with Crippen LogP contribution < -0.4 is 10.6 Å². The maximum Gasteiger partial charge on any atom is 0.315 e. The lowest BCUT2D eigenvalue weighted by Gasteiger charge is -2.56. The lowest BCUT2D eigenvalue weighted by molar-refractivity contribution is -0.0135. The Morgan fingerprint density at radius 3 is 1.73 bits per heavy atom. The first-order chi connectivity index (χ1) is 12.7. The molecule has 0 spiro atoms. The molecule has 26 heavy (non-hydrogen) atoms. The summed E-state index contributed by atoms with van der Waals surface area (Å²) in [5.41, 5.74) is 0.149. The van der Waals surface area contributed by atoms with Crippen LogP contribution in [0.1, 0.15) is 110 Å². The summed E-state index contributed by atoms with van der Waals surface area (Å²) in [6.07, 6.45) is 21.5. The number of rotatable bonds is 12. The van der Waals surface area contributed by atoms with Crippen molar-refractivity contribution in [3.63, 3.8) is 0 Å². The zero-order valence-corrected chi connectivity index (χ0v) is 17.2. The molecule has 0 aromatic rings. The second-order valence-electron chi connectivity index (χ2n) is 9.76. The normalized spacial score (nSPS) is 32.0. The molecule has 150 valence electrons. The van der Waals surface area contributed by atoms with Crippen molar-refractivity contribution in [3.8, 4) is 0 Å². The summed E-state index contributed by atoms with van der Waals surface area (Å²) in [4.78, 5) is 12.4. The number of amides is 2. The van der Waals surface area contributed by atoms with Crippen LogP contribution in [0.3, 0.4) is 0 Å². The Bertz CT molecular complexity index is 399. The van der Waals surface area contributed by atoms with E-state index in [2.05, 4.69) is 17.6 Å². The summed E-state index contributed by atoms with van der Waals surface area (Å²) in [5.74, 6) is 2.68. The van der Waals surface area contributed by atoms with E-state index in [-0.39, 0.29) is 11.6 Å². The van der Waals surface area contributed by atoms with E-state index < -0.39 is 0 Å². The van der Waals surface area contributed by atoms with Gasteiger partial charge in [-0.05, 0) is 62.7 Å². The molecule has 0 atom stereocenters. The first kappa shape index (κ1) is 20.0. The van der Waals surface area contributed by atoms with Crippen LogP contribution in [0.4, 0.5) is 4.79 Å². The molecule has 4 rings (SSSR count). The molecule has 4 saturated carbocycles. The Hall–Kier alpha value is -0.730. The zero-order valence-electron chi connectivity index (χ0n) is 17.2. The highest BCUT2D eigenvalue weighted by Crippen LogP contribution is 2.55. The molecule has 0 aliphatic heterocycles. The highest BCUT2D eigenvalue weighted by molar-refractivity contribution is 5.74. The Kier molecular flexibility index (Phi) is 7.69. The quantitative estimate of drug-likeness (QED) is 0.400. The van der Waals surface area contributed by atoms with Crippen LogP contribution in [-0.2, 0) is 0 Å². The van der Waals surface area contributed by atoms with Gasteiger partial charge in [-0.15, -0.1) is 0 Å². The summed E-state index contributed by atoms with van der Waals surface area (Å²) in [7, 11) is 0. The standard InChI is InChI=1S/C23H42N2O/c1-2-3-4-5-6-7-8-9-10-11-12-24-22(26)25-23-16-19-13-20(17-23)15-21(14-19)18-23/h19-21H,2-18H2,1H3,(H2,24,25,26). The van der Waals surface area contributed by atoms with E-state index in [1.807, 2.05) is 0 Å². The molecule has 0 aromatic carbocycles. The third-order valence-corrected chi connectivity index (χ3v) is 7.23. The van der Waals surface area contributed by atoms with Crippen LogP contribution in [0.5, 0.6) is 0 Å². The Morgan fingerprint density at radius 1 is 0.769 bits per heavy atom. The van der Waals surface area contributed by atoms with E-state index in [9.17, 15) is 4.79 Å². The molecule has 0 radical (unpaired) electrons. The lowest BCUT2D eigenvalue weighted by Crippen LogP contribution is -2.61. The highest BCUT2D eigenvalue weighted by atomic mass is 16.2. The van der Waals surface area contributed by atoms with Gasteiger partial charge < -0.3 is 10.6 Å². The number of nitrogens with one attached hydrogen (secondary N) is 2. The molecule has 0 saturated heterocycles. The van der Waals surface area contributed by atoms with Gasteiger partial charge in [0.05, 0.1) is 0 Å². The van der Waals surface area contributed by atoms with Gasteiger partial charge in [0.15, 0.2) is 0 Å². The third-order valence-electron chi connectivity index (χ3n) is 7.23. The van der Waals surface area contributed by atoms with Gasteiger partial charge >= 0.3 is 6.03 Å². The molecule has 2 N–H and O–H groups in total. The average Bonchev–Trinajstić information content (AvgIpc) is 2.58. The monoisotopic (exact) mass is 362 g/mol. The Morgan fingerprint density at radius 2 is 1.23 bits per heavy atom. The Labute approximate surface area is 161 Å². The van der Waals surface area contributed by atoms with Crippen molar-refractivity contribution in [1.29, 1.82) is 0 Å². The maximum atomic E-state index is 12.4. The van der Waals surface area contributed by atoms with Crippen molar-refractivity contribution in [2.24, 2.45) is 17.8 Å². The minimum absolute atomic E-state index is 0.0999. The predicted molar refractivity (Wildman–Crippen MR) is 109 cm³/mol. The number of urea groups is 1. The van der Waals surface area contributed by atoms with E-state index in [0.29, 0.717) is 0 Å². The number of carbonyl (C=O) groups is 1. The highest BCUT2D eigenvalue weighted by Gasteiger charge is 2.51. The van der Waals surface area contributed by atoms with Crippen LogP contribution in [0, 0.1) is 17.8 Å². The fourth-order valence-electron chi connectivity index (χ4n) is 6.36. The lowest BCUT2D eigenvalue weighted by atomic mass is 9.53. The summed E-state index contributed by atoms with van der Waals surface area (Å²) in [6.45, 7) is 3.12. The van der Waals surface area contributed by atoms with Crippen LogP contribution >= 0.6 is 0 Å². The van der Waals surface area contributed by atoms with Crippen molar-refractivity contribution in [1.82, 2.24) is 10.6 Å². The summed E-state index contributed by atoms with van der Waals surface area (Å²) in [5, 5.41) is 6.54. The van der Waals surface area contributed by atoms with Crippen molar-refractivity contribution >= 4 is 6.03 Å². The zero-order chi connectivity index (χ0) is 18.2. The van der Waals surface area contributed by atoms with E-state index >= 15 is 0 Å². The SMILES string of the molecule is CCCCCCCCCCCCNC(=O)NC12CC3CC(CC(C3)C1)C2. The van der Waals surface area contributed by atoms with E-state index in [1.54, 1.807) is 0 Å². The van der Waals surface area contributed by atoms with Crippen molar-refractivity contribution in [2.45, 2.75) is 115 Å². The van der Waals surface area contributed by atoms with E-state index in [4.69, 9.17) is 0 Å². The average molecular weight is 363 g/mol. The topological polar surface area (TPSA) is 41.1 Å². The van der Waals surface area contributed by atoms with Gasteiger partial charge in [0.2, 0.25) is 0 Å². The molecule has 2 amide bonds. The number of hydrogen-bond donors (Lipinski definition) is 2. The fourth-order valence-corrected chi connectivity index (χ4v) is 6.36. The molecule has 4 fully saturated rings. The van der Waals surface area contributed by atoms with Gasteiger partial charge in [0.1, 0.15) is 0 Å². The van der Waals surface area contributed by atoms with Crippen LogP contribution in [0.25, 0.3) is 0 Å². The van der Waals surface area contributed by atoms with Crippen LogP contribution in [-0.4, -0.2) is 18.1 Å². The smallest absolute Gasteiger partial charge is 0.315 e. The first-order valence-electron chi connectivity index (χ1n) is 11.7. The second-order valence-corrected chi connectivity index (χ2v) is 9.76. The van der Waals surface area contributed by atoms with Gasteiger partial charge in [0, 0.05) is 12.1 Å². The number of unbranched alkanes of at least 4 members (excludes halogenated alkanes) is 9. The number of carbonyl (C=O) groups excluding carboxylic acids is 1. The minimum Gasteiger partial charge on any atom is -0.338 e. The molecule has 4 aliphatic carbocycles. The molecule has 0 heterocycles. The number of hydrogen-bond acceptors (Lipinski definition) is 1. The molecule has 0 unspecified atom stereocenters. The van der Waals surface area contributed by atoms with E-state index in [1.165, 1.54) is 96.3 Å². The summed E-state index contributed by atoms with van der Waals surface area (Å²) in [6, 6.07) is 0.0999. The van der Waals surface area contributed by atoms with Crippen LogP contribution in [0.2, 0.25) is 0 Å². The van der Waals surface area contributed by atoms with E-state index in [0.717, 1.165) is 30.7 Å². The molecule has 0 aromatic heterocycles. The first-order valence-corrected chi connectivity index (χ1v) is 11.7. The van der Waals surface area contributed by atoms with Gasteiger partial charge in [-0.2, -0.15) is 0 Å². The molecule has 3 nitrogen and oxygen atoms in total. The fraction of sp³-hybridized carbons (Fsp3) is 0.957. The molecule has 3 heteroatoms. The largest absolute Gasteiger partial charge is 0.338 e. The minimum atomic E-state index is 0.0999. The summed E-state index contributed by atoms with van der Waals surface area (Å²) >= 11 is 0. The second kappa shape index (κ2) is 9.99. The third kappa shape index (κ3) is 5.89. The van der Waals surface area contributed by atoms with Crippen molar-refractivity contribution in [2.75, 3.05) is 6.54 Å². The van der Waals surface area contributed by atoms with Gasteiger partial charge in [-0.3, -0.25) is 0 Å². The molecule has 4 bridgehead atoms. The predicted octanol–water partition coefficient (Wildman–Crippen LogP) is 6.18. The summed E-state index contributed by atoms with van der Waals surface area (Å²) < 4.78 is 0. The van der Waals surface area contributed by atoms with Crippen molar-refractivity contribution < 1.29 is 4.79 Å². The molecular formula is C23H42N2O. The maximum absolute atomic E-state index is 12.4. The molecule has 4 aliphatic rings.